The minimum atomic E-state index is -0.386. The van der Waals surface area contributed by atoms with Crippen LogP contribution in [0.4, 0.5) is 10.5 Å². The van der Waals surface area contributed by atoms with Gasteiger partial charge in [0.15, 0.2) is 0 Å². The summed E-state index contributed by atoms with van der Waals surface area (Å²) in [5.74, 6) is 6.35. The van der Waals surface area contributed by atoms with Gasteiger partial charge in [0.05, 0.1) is 11.4 Å². The van der Waals surface area contributed by atoms with Gasteiger partial charge in [-0.15, -0.1) is 0 Å². The maximum atomic E-state index is 12.0. The Kier molecular flexibility index (Phi) is 5.89. The third kappa shape index (κ3) is 4.57. The fourth-order valence-corrected chi connectivity index (χ4v) is 3.20. The molecule has 3 aromatic rings. The Balaban J connectivity index is 1.84. The highest BCUT2D eigenvalue weighted by molar-refractivity contribution is 5.89. The molecule has 7 heteroatoms. The molecule has 1 heterocycles. The first-order valence-electron chi connectivity index (χ1n) is 9.41. The number of amides is 2. The Morgan fingerprint density at radius 3 is 2.41 bits per heavy atom. The Bertz CT molecular complexity index is 1020. The van der Waals surface area contributed by atoms with Crippen molar-refractivity contribution in [2.24, 2.45) is 5.84 Å². The number of hydrogen-bond acceptors (Lipinski definition) is 4. The Morgan fingerprint density at radius 2 is 1.83 bits per heavy atom. The second-order valence-corrected chi connectivity index (χ2v) is 7.24. The standard InChI is InChI=1S/C22H27N5O2/c1-14-7-6-8-20(24-22(28)26(5)23)19(14)13-29-21-15(2)11-18(12-16(21)3)27-10-9-17(4)25-27/h6-12H,13,23H2,1-5H3,(H,24,28). The van der Waals surface area contributed by atoms with E-state index in [4.69, 9.17) is 10.6 Å². The van der Waals surface area contributed by atoms with Gasteiger partial charge in [0.25, 0.3) is 0 Å². The van der Waals surface area contributed by atoms with Gasteiger partial charge in [-0.1, -0.05) is 12.1 Å². The van der Waals surface area contributed by atoms with E-state index in [-0.39, 0.29) is 6.03 Å². The Labute approximate surface area is 171 Å². The minimum Gasteiger partial charge on any atom is -0.488 e. The lowest BCUT2D eigenvalue weighted by molar-refractivity contribution is 0.223. The molecule has 0 atom stereocenters. The summed E-state index contributed by atoms with van der Waals surface area (Å²) >= 11 is 0. The molecule has 0 aliphatic heterocycles. The predicted octanol–water partition coefficient (Wildman–Crippen LogP) is 4.02. The molecule has 3 rings (SSSR count). The number of urea groups is 1. The molecule has 3 N–H and O–H groups in total. The van der Waals surface area contributed by atoms with Crippen LogP contribution in [0.3, 0.4) is 0 Å². The number of carbonyl (C=O) groups excluding carboxylic acids is 1. The zero-order valence-electron chi connectivity index (χ0n) is 17.5. The molecule has 152 valence electrons. The van der Waals surface area contributed by atoms with Crippen molar-refractivity contribution in [2.75, 3.05) is 12.4 Å². The summed E-state index contributed by atoms with van der Waals surface area (Å²) in [6.07, 6.45) is 1.95. The van der Waals surface area contributed by atoms with Crippen LogP contribution in [0.15, 0.2) is 42.6 Å². The molecule has 1 aromatic heterocycles. The number of anilines is 1. The van der Waals surface area contributed by atoms with Crippen LogP contribution in [-0.4, -0.2) is 27.9 Å². The minimum absolute atomic E-state index is 0.332. The normalized spacial score (nSPS) is 10.7. The largest absolute Gasteiger partial charge is 0.488 e. The molecule has 2 aromatic carbocycles. The van der Waals surface area contributed by atoms with Crippen molar-refractivity contribution in [1.29, 1.82) is 0 Å². The molecule has 0 fully saturated rings. The van der Waals surface area contributed by atoms with Crippen LogP contribution < -0.4 is 15.9 Å². The number of carbonyl (C=O) groups is 1. The second kappa shape index (κ2) is 8.36. The third-order valence-corrected chi connectivity index (χ3v) is 4.77. The summed E-state index contributed by atoms with van der Waals surface area (Å²) in [5.41, 5.74) is 6.64. The van der Waals surface area contributed by atoms with Gasteiger partial charge in [0.1, 0.15) is 12.4 Å². The highest BCUT2D eigenvalue weighted by Gasteiger charge is 2.14. The lowest BCUT2D eigenvalue weighted by Gasteiger charge is -2.19. The fraction of sp³-hybridized carbons (Fsp3) is 0.273. The fourth-order valence-electron chi connectivity index (χ4n) is 3.20. The molecule has 7 nitrogen and oxygen atoms in total. The first-order valence-corrected chi connectivity index (χ1v) is 9.41. The SMILES string of the molecule is Cc1ccn(-c2cc(C)c(OCc3c(C)cccc3NC(=O)N(C)N)c(C)c2)n1. The van der Waals surface area contributed by atoms with E-state index in [1.54, 1.807) is 0 Å². The summed E-state index contributed by atoms with van der Waals surface area (Å²) in [6.45, 7) is 8.33. The van der Waals surface area contributed by atoms with Crippen LogP contribution in [0.5, 0.6) is 5.75 Å². The lowest BCUT2D eigenvalue weighted by Crippen LogP contribution is -2.37. The number of aromatic nitrogens is 2. The number of rotatable bonds is 5. The molecule has 0 bridgehead atoms. The van der Waals surface area contributed by atoms with Crippen molar-refractivity contribution in [3.05, 3.63) is 70.5 Å². The predicted molar refractivity (Wildman–Crippen MR) is 114 cm³/mol. The monoisotopic (exact) mass is 393 g/mol. The van der Waals surface area contributed by atoms with Gasteiger partial charge in [0.2, 0.25) is 0 Å². The molecular formula is C22H27N5O2. The van der Waals surface area contributed by atoms with E-state index in [1.807, 2.05) is 62.8 Å². The smallest absolute Gasteiger partial charge is 0.335 e. The van der Waals surface area contributed by atoms with Gasteiger partial charge in [-0.3, -0.25) is 5.01 Å². The third-order valence-electron chi connectivity index (χ3n) is 4.77. The number of hydrazine groups is 1. The van der Waals surface area contributed by atoms with Crippen LogP contribution in [0.25, 0.3) is 5.69 Å². The van der Waals surface area contributed by atoms with Gasteiger partial charge in [-0.25, -0.2) is 15.3 Å². The summed E-state index contributed by atoms with van der Waals surface area (Å²) in [7, 11) is 1.50. The molecule has 0 aliphatic rings. The summed E-state index contributed by atoms with van der Waals surface area (Å²) < 4.78 is 8.05. The first kappa shape index (κ1) is 20.4. The first-order chi connectivity index (χ1) is 13.8. The van der Waals surface area contributed by atoms with E-state index in [0.29, 0.717) is 12.3 Å². The maximum Gasteiger partial charge on any atom is 0.335 e. The van der Waals surface area contributed by atoms with Crippen molar-refractivity contribution in [3.8, 4) is 11.4 Å². The molecule has 0 aliphatic carbocycles. The Morgan fingerprint density at radius 1 is 1.14 bits per heavy atom. The number of nitrogens with zero attached hydrogens (tertiary/aromatic N) is 3. The number of nitrogens with one attached hydrogen (secondary N) is 1. The second-order valence-electron chi connectivity index (χ2n) is 7.24. The molecule has 0 radical (unpaired) electrons. The van der Waals surface area contributed by atoms with Gasteiger partial charge in [0, 0.05) is 24.5 Å². The van der Waals surface area contributed by atoms with Gasteiger partial charge in [-0.05, 0) is 68.7 Å². The molecule has 0 saturated carbocycles. The molecule has 0 saturated heterocycles. The van der Waals surface area contributed by atoms with Crippen molar-refractivity contribution in [3.63, 3.8) is 0 Å². The highest BCUT2D eigenvalue weighted by Crippen LogP contribution is 2.29. The van der Waals surface area contributed by atoms with E-state index in [1.165, 1.54) is 7.05 Å². The van der Waals surface area contributed by atoms with Crippen LogP contribution in [0.1, 0.15) is 27.9 Å². The summed E-state index contributed by atoms with van der Waals surface area (Å²) in [6, 6.07) is 11.4. The van der Waals surface area contributed by atoms with Crippen molar-refractivity contribution in [1.82, 2.24) is 14.8 Å². The van der Waals surface area contributed by atoms with E-state index >= 15 is 0 Å². The molecule has 29 heavy (non-hydrogen) atoms. The van der Waals surface area contributed by atoms with Gasteiger partial charge >= 0.3 is 6.03 Å². The molecular weight excluding hydrogens is 366 g/mol. The van der Waals surface area contributed by atoms with Crippen LogP contribution in [0.2, 0.25) is 0 Å². The van der Waals surface area contributed by atoms with Gasteiger partial charge < -0.3 is 10.1 Å². The number of aryl methyl sites for hydroxylation is 4. The van der Waals surface area contributed by atoms with Gasteiger partial charge in [-0.2, -0.15) is 5.10 Å². The molecule has 0 unspecified atom stereocenters. The van der Waals surface area contributed by atoms with E-state index in [0.717, 1.165) is 44.4 Å². The number of benzene rings is 2. The summed E-state index contributed by atoms with van der Waals surface area (Å²) in [4.78, 5) is 12.0. The molecule has 0 spiro atoms. The van der Waals surface area contributed by atoms with Crippen LogP contribution >= 0.6 is 0 Å². The van der Waals surface area contributed by atoms with Crippen molar-refractivity contribution < 1.29 is 9.53 Å². The number of nitrogens with two attached hydrogens (primary N) is 1. The van der Waals surface area contributed by atoms with Crippen molar-refractivity contribution >= 4 is 11.7 Å². The average Bonchev–Trinajstić information content (AvgIpc) is 3.09. The summed E-state index contributed by atoms with van der Waals surface area (Å²) in [5, 5.41) is 8.30. The maximum absolute atomic E-state index is 12.0. The van der Waals surface area contributed by atoms with Crippen molar-refractivity contribution in [2.45, 2.75) is 34.3 Å². The number of ether oxygens (including phenoxy) is 1. The van der Waals surface area contributed by atoms with E-state index < -0.39 is 0 Å². The average molecular weight is 393 g/mol. The van der Waals surface area contributed by atoms with Crippen LogP contribution in [-0.2, 0) is 6.61 Å². The molecule has 2 amide bonds. The quantitative estimate of drug-likeness (QED) is 0.389. The van der Waals surface area contributed by atoms with E-state index in [9.17, 15) is 4.79 Å². The topological polar surface area (TPSA) is 85.4 Å². The van der Waals surface area contributed by atoms with Crippen LogP contribution in [0, 0.1) is 27.7 Å². The van der Waals surface area contributed by atoms with E-state index in [2.05, 4.69) is 22.5 Å². The zero-order chi connectivity index (χ0) is 21.1. The number of hydrogen-bond donors (Lipinski definition) is 2. The highest BCUT2D eigenvalue weighted by atomic mass is 16.5. The zero-order valence-corrected chi connectivity index (χ0v) is 17.5. The Hall–Kier alpha value is -3.32. The lowest BCUT2D eigenvalue weighted by atomic mass is 10.1.